The van der Waals surface area contributed by atoms with Crippen LogP contribution in [-0.4, -0.2) is 75.5 Å². The number of carbonyl (C=O) groups excluding carboxylic acids is 1. The summed E-state index contributed by atoms with van der Waals surface area (Å²) in [5.74, 6) is 1.28. The van der Waals surface area contributed by atoms with Gasteiger partial charge in [-0.1, -0.05) is 143 Å². The van der Waals surface area contributed by atoms with Crippen LogP contribution in [0.15, 0.2) is 0 Å². The zero-order valence-corrected chi connectivity index (χ0v) is 36.9. The van der Waals surface area contributed by atoms with Gasteiger partial charge >= 0.3 is 0 Å². The van der Waals surface area contributed by atoms with Gasteiger partial charge in [-0.25, -0.2) is 4.21 Å². The van der Waals surface area contributed by atoms with E-state index in [1.54, 1.807) is 5.92 Å². The molecule has 0 N–H and O–H groups in total. The lowest BCUT2D eigenvalue weighted by molar-refractivity contribution is -0.635. The van der Waals surface area contributed by atoms with Gasteiger partial charge in [0.15, 0.2) is 0 Å². The molecule has 1 saturated heterocycles. The number of aliphatic carboxylic acids is 1. The van der Waals surface area contributed by atoms with Gasteiger partial charge in [0.2, 0.25) is 0 Å². The first-order chi connectivity index (χ1) is 26.7. The van der Waals surface area contributed by atoms with Gasteiger partial charge in [-0.2, -0.15) is 0 Å². The van der Waals surface area contributed by atoms with Crippen molar-refractivity contribution in [1.29, 1.82) is 0 Å². The number of carboxylic acid groups (broad SMARTS) is 1. The molecule has 0 spiro atoms. The maximum atomic E-state index is 12.6. The number of fused-ring (bicyclic) bond motifs is 2. The molecule has 9 nitrogen and oxygen atoms in total. The van der Waals surface area contributed by atoms with Crippen molar-refractivity contribution >= 4 is 17.3 Å². The normalized spacial score (nSPS) is 24.9. The van der Waals surface area contributed by atoms with Crippen molar-refractivity contribution in [2.45, 2.75) is 232 Å². The lowest BCUT2D eigenvalue weighted by Crippen LogP contribution is -2.56. The zero-order chi connectivity index (χ0) is 40.3. The van der Waals surface area contributed by atoms with Crippen LogP contribution in [0.2, 0.25) is 0 Å². The fraction of sp³-hybridized carbons (Fsp3) is 0.956. The standard InChI is InChI=1S/C45H84N2O3.H2O4S/c1-6-10-13-14-15-16-17-18-19-20-21-22-23-24-25-26-27-37(45(48)49)34-42-40-30-28-38(46(5)9-4)35-43(40)50-44-36-39(29-31-41(42)44)47(32-11-7-2)33-12-8-3;1-4-5(2)3/h37-41,43-44H,6-36H2,1-5H3;1H,(H,2,3)/p-2. The Labute approximate surface area is 341 Å². The summed E-state index contributed by atoms with van der Waals surface area (Å²) in [4.78, 5) is 17.9. The van der Waals surface area contributed by atoms with Gasteiger partial charge in [-0.15, -0.1) is 0 Å². The highest BCUT2D eigenvalue weighted by atomic mass is 32.2. The first kappa shape index (κ1) is 50.4. The number of ether oxygens (including phenoxy) is 1. The fourth-order valence-corrected chi connectivity index (χ4v) is 9.88. The Kier molecular flexibility index (Phi) is 28.6. The van der Waals surface area contributed by atoms with Gasteiger partial charge in [0, 0.05) is 24.0 Å². The largest absolute Gasteiger partial charge is 0.750 e. The van der Waals surface area contributed by atoms with Crippen molar-refractivity contribution in [2.24, 2.45) is 17.8 Å². The average Bonchev–Trinajstić information content (AvgIpc) is 3.19. The van der Waals surface area contributed by atoms with Crippen molar-refractivity contribution < 1.29 is 33.0 Å². The molecule has 1 heterocycles. The third kappa shape index (κ3) is 20.2. The number of carbonyl (C=O) groups is 1. The van der Waals surface area contributed by atoms with Crippen molar-refractivity contribution in [3.63, 3.8) is 0 Å². The minimum absolute atomic E-state index is 0.246. The summed E-state index contributed by atoms with van der Waals surface area (Å²) in [6.45, 7) is 12.6. The van der Waals surface area contributed by atoms with Crippen LogP contribution in [0.4, 0.5) is 0 Å². The Morgan fingerprint density at radius 3 is 1.55 bits per heavy atom. The first-order valence-corrected chi connectivity index (χ1v) is 24.3. The second kappa shape index (κ2) is 31.2. The van der Waals surface area contributed by atoms with E-state index in [-0.39, 0.29) is 18.1 Å². The molecule has 0 amide bonds. The molecule has 0 aromatic carbocycles. The predicted molar refractivity (Wildman–Crippen MR) is 221 cm³/mol. The lowest BCUT2D eigenvalue weighted by Gasteiger charge is -2.49. The number of nitrogens with zero attached hydrogens (tertiary/aromatic N) is 2. The second-order valence-corrected chi connectivity index (χ2v) is 17.9. The van der Waals surface area contributed by atoms with Gasteiger partial charge in [-0.3, -0.25) is 0 Å². The molecule has 3 fully saturated rings. The number of hydrogen-bond acceptors (Lipinski definition) is 9. The van der Waals surface area contributed by atoms with Crippen molar-refractivity contribution in [1.82, 2.24) is 9.80 Å². The first-order valence-electron chi connectivity index (χ1n) is 23.3. The maximum absolute atomic E-state index is 12.6. The molecular weight excluding hydrogens is 713 g/mol. The topological polar surface area (TPSA) is 128 Å². The highest BCUT2D eigenvalue weighted by Gasteiger charge is 2.57. The Morgan fingerprint density at radius 2 is 1.13 bits per heavy atom. The summed E-state index contributed by atoms with van der Waals surface area (Å²) in [6.07, 6.45) is 35.6. The van der Waals surface area contributed by atoms with E-state index >= 15 is 0 Å². The molecule has 10 heteroatoms. The minimum Gasteiger partial charge on any atom is -0.750 e. The van der Waals surface area contributed by atoms with Gasteiger partial charge in [-0.05, 0) is 84.5 Å². The Bertz CT molecular complexity index is 968. The van der Waals surface area contributed by atoms with Gasteiger partial charge in [0.05, 0.1) is 17.8 Å². The quantitative estimate of drug-likeness (QED) is 0.0230. The molecular formula is C45H84N2O7S-2. The molecule has 0 radical (unpaired) electrons. The number of hydrogen-bond donors (Lipinski definition) is 0. The molecule has 0 aromatic heterocycles. The average molecular weight is 797 g/mol. The van der Waals surface area contributed by atoms with Crippen LogP contribution in [0.1, 0.15) is 207 Å². The molecule has 8 atom stereocenters. The highest BCUT2D eigenvalue weighted by Crippen LogP contribution is 2.52. The van der Waals surface area contributed by atoms with Crippen molar-refractivity contribution in [3.8, 4) is 0 Å². The molecule has 324 valence electrons. The minimum atomic E-state index is -2.88. The smallest absolute Gasteiger partial charge is 0.127 e. The summed E-state index contributed by atoms with van der Waals surface area (Å²) in [7, 11) is 2.27. The van der Waals surface area contributed by atoms with E-state index in [1.165, 1.54) is 148 Å². The SMILES string of the molecule is CCCCCCCCCCCCCCCCCCC(C[C+]1C2CCC(N(C)CC)CC2OC2CC(N(CCCC)CCCC)CCC12)C(=O)[O-].O=S([O-])O[O-]. The monoisotopic (exact) mass is 797 g/mol. The van der Waals surface area contributed by atoms with Crippen molar-refractivity contribution in [3.05, 3.63) is 5.92 Å². The molecule has 55 heavy (non-hydrogen) atoms. The second-order valence-electron chi connectivity index (χ2n) is 17.3. The molecule has 3 rings (SSSR count). The third-order valence-corrected chi connectivity index (χ3v) is 13.5. The van der Waals surface area contributed by atoms with Gasteiger partial charge in [0.25, 0.3) is 0 Å². The maximum Gasteiger partial charge on any atom is 0.127 e. The summed E-state index contributed by atoms with van der Waals surface area (Å²) < 4.78 is 27.2. The van der Waals surface area contributed by atoms with Gasteiger partial charge in [0.1, 0.15) is 30.0 Å². The zero-order valence-electron chi connectivity index (χ0n) is 36.1. The summed E-state index contributed by atoms with van der Waals surface area (Å²) in [6, 6.07) is 1.18. The third-order valence-electron chi connectivity index (χ3n) is 13.3. The van der Waals surface area contributed by atoms with Crippen LogP contribution < -0.4 is 10.4 Å². The lowest BCUT2D eigenvalue weighted by atomic mass is 9.61. The van der Waals surface area contributed by atoms with Crippen LogP contribution in [0.3, 0.4) is 0 Å². The van der Waals surface area contributed by atoms with Crippen LogP contribution in [0.25, 0.3) is 0 Å². The molecule has 8 unspecified atom stereocenters. The van der Waals surface area contributed by atoms with Crippen LogP contribution >= 0.6 is 0 Å². The molecule has 1 aliphatic heterocycles. The highest BCUT2D eigenvalue weighted by molar-refractivity contribution is 7.73. The van der Waals surface area contributed by atoms with E-state index in [0.717, 1.165) is 51.5 Å². The fourth-order valence-electron chi connectivity index (χ4n) is 9.88. The van der Waals surface area contributed by atoms with Gasteiger partial charge < -0.3 is 38.6 Å². The van der Waals surface area contributed by atoms with E-state index < -0.39 is 17.3 Å². The van der Waals surface area contributed by atoms with E-state index in [2.05, 4.69) is 48.9 Å². The van der Waals surface area contributed by atoms with Crippen LogP contribution in [-0.2, 0) is 25.2 Å². The number of unbranched alkanes of at least 4 members (excludes halogenated alkanes) is 17. The molecule has 2 saturated carbocycles. The van der Waals surface area contributed by atoms with E-state index in [0.29, 0.717) is 23.9 Å². The predicted octanol–water partition coefficient (Wildman–Crippen LogP) is 9.00. The van der Waals surface area contributed by atoms with Crippen LogP contribution in [0.5, 0.6) is 0 Å². The molecule has 2 aliphatic carbocycles. The molecule has 0 bridgehead atoms. The summed E-state index contributed by atoms with van der Waals surface area (Å²) in [5.41, 5.74) is 0. The summed E-state index contributed by atoms with van der Waals surface area (Å²) >= 11 is -2.88. The van der Waals surface area contributed by atoms with E-state index in [1.807, 2.05) is 0 Å². The van der Waals surface area contributed by atoms with Crippen molar-refractivity contribution in [2.75, 3.05) is 26.7 Å². The van der Waals surface area contributed by atoms with E-state index in [9.17, 15) is 9.90 Å². The Balaban J connectivity index is 0.00000196. The van der Waals surface area contributed by atoms with Crippen LogP contribution in [0, 0.1) is 23.7 Å². The Hall–Kier alpha value is -0.750. The summed E-state index contributed by atoms with van der Waals surface area (Å²) in [5, 5.41) is 21.2. The number of carboxylic acids is 1. The number of rotatable bonds is 30. The molecule has 0 aromatic rings. The Morgan fingerprint density at radius 1 is 0.709 bits per heavy atom. The molecule has 3 aliphatic rings. The van der Waals surface area contributed by atoms with E-state index in [4.69, 9.17) is 18.8 Å².